The Labute approximate surface area is 81.7 Å². The van der Waals surface area contributed by atoms with Crippen molar-refractivity contribution >= 4 is 0 Å². The molecule has 0 aromatic heterocycles. The van der Waals surface area contributed by atoms with E-state index in [0.29, 0.717) is 0 Å². The van der Waals surface area contributed by atoms with Gasteiger partial charge in [0.05, 0.1) is 7.11 Å². The van der Waals surface area contributed by atoms with Crippen LogP contribution in [-0.4, -0.2) is 13.2 Å². The summed E-state index contributed by atoms with van der Waals surface area (Å²) in [6.45, 7) is 1.73. The van der Waals surface area contributed by atoms with Crippen LogP contribution in [0.15, 0.2) is 12.1 Å². The molecule has 2 N–H and O–H groups in total. The summed E-state index contributed by atoms with van der Waals surface area (Å²) in [5.41, 5.74) is 5.72. The maximum absolute atomic E-state index is 13.3. The Hall–Kier alpha value is -1.16. The zero-order valence-electron chi connectivity index (χ0n) is 8.18. The van der Waals surface area contributed by atoms with Crippen LogP contribution in [0.2, 0.25) is 0 Å². The highest BCUT2D eigenvalue weighted by atomic mass is 19.1. The quantitative estimate of drug-likeness (QED) is 0.810. The molecule has 0 saturated carbocycles. The number of ether oxygens (including phenoxy) is 1. The first kappa shape index (κ1) is 10.9. The van der Waals surface area contributed by atoms with Gasteiger partial charge >= 0.3 is 0 Å². The summed E-state index contributed by atoms with van der Waals surface area (Å²) in [5, 5.41) is 0. The van der Waals surface area contributed by atoms with Crippen molar-refractivity contribution in [3.63, 3.8) is 0 Å². The van der Waals surface area contributed by atoms with Crippen LogP contribution in [0.5, 0.6) is 5.75 Å². The van der Waals surface area contributed by atoms with Gasteiger partial charge in [0.25, 0.3) is 0 Å². The zero-order chi connectivity index (χ0) is 10.7. The van der Waals surface area contributed by atoms with E-state index in [1.807, 2.05) is 0 Å². The Morgan fingerprint density at radius 2 is 1.93 bits per heavy atom. The van der Waals surface area contributed by atoms with Crippen LogP contribution in [0.25, 0.3) is 0 Å². The third kappa shape index (κ3) is 2.20. The van der Waals surface area contributed by atoms with E-state index >= 15 is 0 Å². The zero-order valence-corrected chi connectivity index (χ0v) is 8.18. The van der Waals surface area contributed by atoms with Gasteiger partial charge in [-0.2, -0.15) is 0 Å². The minimum Gasteiger partial charge on any atom is -0.493 e. The van der Waals surface area contributed by atoms with Crippen LogP contribution in [0, 0.1) is 11.6 Å². The molecule has 78 valence electrons. The Morgan fingerprint density at radius 1 is 1.36 bits per heavy atom. The number of hydrogen-bond donors (Lipinski definition) is 1. The Kier molecular flexibility index (Phi) is 3.41. The van der Waals surface area contributed by atoms with Gasteiger partial charge < -0.3 is 10.5 Å². The molecule has 0 fully saturated rings. The summed E-state index contributed by atoms with van der Waals surface area (Å²) >= 11 is 0. The molecule has 4 heteroatoms. The van der Waals surface area contributed by atoms with Crippen molar-refractivity contribution in [1.82, 2.24) is 0 Å². The van der Waals surface area contributed by atoms with E-state index in [4.69, 9.17) is 10.5 Å². The fraction of sp³-hybridized carbons (Fsp3) is 0.400. The second-order valence-electron chi connectivity index (χ2n) is 3.22. The molecule has 0 radical (unpaired) electrons. The normalized spacial score (nSPS) is 12.6. The van der Waals surface area contributed by atoms with Crippen LogP contribution in [0.3, 0.4) is 0 Å². The smallest absolute Gasteiger partial charge is 0.165 e. The van der Waals surface area contributed by atoms with E-state index in [1.165, 1.54) is 7.11 Å². The van der Waals surface area contributed by atoms with Gasteiger partial charge in [0.2, 0.25) is 0 Å². The van der Waals surface area contributed by atoms with Crippen LogP contribution in [0.1, 0.15) is 12.5 Å². The minimum absolute atomic E-state index is 0.0534. The van der Waals surface area contributed by atoms with Gasteiger partial charge in [-0.3, -0.25) is 0 Å². The van der Waals surface area contributed by atoms with Gasteiger partial charge in [-0.25, -0.2) is 8.78 Å². The summed E-state index contributed by atoms with van der Waals surface area (Å²) in [6, 6.07) is 1.88. The molecule has 0 heterocycles. The Bertz CT molecular complexity index is 326. The number of benzene rings is 1. The van der Waals surface area contributed by atoms with Crippen molar-refractivity contribution in [1.29, 1.82) is 0 Å². The number of methoxy groups -OCH3 is 1. The monoisotopic (exact) mass is 201 g/mol. The Morgan fingerprint density at radius 3 is 2.43 bits per heavy atom. The van der Waals surface area contributed by atoms with Crippen LogP contribution >= 0.6 is 0 Å². The van der Waals surface area contributed by atoms with Gasteiger partial charge in [0.1, 0.15) is 5.82 Å². The van der Waals surface area contributed by atoms with E-state index in [2.05, 4.69) is 0 Å². The maximum atomic E-state index is 13.3. The lowest BCUT2D eigenvalue weighted by Gasteiger charge is -2.12. The summed E-state index contributed by atoms with van der Waals surface area (Å²) in [4.78, 5) is 0. The maximum Gasteiger partial charge on any atom is 0.165 e. The third-order valence-corrected chi connectivity index (χ3v) is 1.89. The summed E-state index contributed by atoms with van der Waals surface area (Å²) in [5.74, 6) is -1.10. The number of hydrogen-bond acceptors (Lipinski definition) is 2. The molecule has 1 aromatic carbocycles. The topological polar surface area (TPSA) is 35.2 Å². The summed E-state index contributed by atoms with van der Waals surface area (Å²) in [7, 11) is 1.31. The average molecular weight is 201 g/mol. The summed E-state index contributed by atoms with van der Waals surface area (Å²) in [6.07, 6.45) is 0.257. The van der Waals surface area contributed by atoms with E-state index < -0.39 is 11.6 Å². The molecule has 2 nitrogen and oxygen atoms in total. The number of halogens is 2. The minimum atomic E-state index is -0.565. The highest BCUT2D eigenvalue weighted by Gasteiger charge is 2.15. The molecule has 14 heavy (non-hydrogen) atoms. The highest BCUT2D eigenvalue weighted by Crippen LogP contribution is 2.26. The predicted molar refractivity (Wildman–Crippen MR) is 50.3 cm³/mol. The lowest BCUT2D eigenvalue weighted by atomic mass is 10.1. The molecule has 0 bridgehead atoms. The first-order valence-corrected chi connectivity index (χ1v) is 4.32. The van der Waals surface area contributed by atoms with E-state index in [1.54, 1.807) is 6.92 Å². The fourth-order valence-electron chi connectivity index (χ4n) is 1.31. The van der Waals surface area contributed by atoms with Crippen LogP contribution in [-0.2, 0) is 6.42 Å². The SMILES string of the molecule is COc1c(F)ccc(F)c1CC(C)N. The number of nitrogens with two attached hydrogens (primary N) is 1. The second kappa shape index (κ2) is 4.37. The summed E-state index contributed by atoms with van der Waals surface area (Å²) < 4.78 is 31.2. The van der Waals surface area contributed by atoms with Gasteiger partial charge in [-0.15, -0.1) is 0 Å². The molecule has 0 aliphatic heterocycles. The van der Waals surface area contributed by atoms with Gasteiger partial charge in [-0.05, 0) is 25.5 Å². The van der Waals surface area contributed by atoms with Crippen molar-refractivity contribution in [2.24, 2.45) is 5.73 Å². The highest BCUT2D eigenvalue weighted by molar-refractivity contribution is 5.36. The fourth-order valence-corrected chi connectivity index (χ4v) is 1.31. The first-order chi connectivity index (χ1) is 6.56. The molecule has 0 saturated heterocycles. The van der Waals surface area contributed by atoms with Crippen molar-refractivity contribution < 1.29 is 13.5 Å². The lowest BCUT2D eigenvalue weighted by molar-refractivity contribution is 0.374. The van der Waals surface area contributed by atoms with Crippen molar-refractivity contribution in [2.75, 3.05) is 7.11 Å². The van der Waals surface area contributed by atoms with Gasteiger partial charge in [0.15, 0.2) is 11.6 Å². The third-order valence-electron chi connectivity index (χ3n) is 1.89. The molecular weight excluding hydrogens is 188 g/mol. The van der Waals surface area contributed by atoms with Gasteiger partial charge in [-0.1, -0.05) is 0 Å². The van der Waals surface area contributed by atoms with Gasteiger partial charge in [0, 0.05) is 11.6 Å². The number of rotatable bonds is 3. The Balaban J connectivity index is 3.16. The van der Waals surface area contributed by atoms with Crippen molar-refractivity contribution in [2.45, 2.75) is 19.4 Å². The standard InChI is InChI=1S/C10H13F2NO/c1-6(13)5-7-8(11)3-4-9(12)10(7)14-2/h3-4,6H,5,13H2,1-2H3. The molecular formula is C10H13F2NO. The van der Waals surface area contributed by atoms with E-state index in [-0.39, 0.29) is 23.8 Å². The first-order valence-electron chi connectivity index (χ1n) is 4.32. The second-order valence-corrected chi connectivity index (χ2v) is 3.22. The van der Waals surface area contributed by atoms with E-state index in [0.717, 1.165) is 12.1 Å². The predicted octanol–water partition coefficient (Wildman–Crippen LogP) is 1.86. The molecule has 1 unspecified atom stereocenters. The van der Waals surface area contributed by atoms with Crippen molar-refractivity contribution in [3.05, 3.63) is 29.3 Å². The van der Waals surface area contributed by atoms with Crippen molar-refractivity contribution in [3.8, 4) is 5.75 Å². The molecule has 1 aromatic rings. The lowest BCUT2D eigenvalue weighted by Crippen LogP contribution is -2.19. The molecule has 1 atom stereocenters. The average Bonchev–Trinajstić information content (AvgIpc) is 2.11. The van der Waals surface area contributed by atoms with E-state index in [9.17, 15) is 8.78 Å². The molecule has 0 aliphatic carbocycles. The molecule has 0 spiro atoms. The van der Waals surface area contributed by atoms with Crippen LogP contribution < -0.4 is 10.5 Å². The molecule has 1 rings (SSSR count). The molecule has 0 amide bonds. The molecule has 0 aliphatic rings. The largest absolute Gasteiger partial charge is 0.493 e. The van der Waals surface area contributed by atoms with Crippen LogP contribution in [0.4, 0.5) is 8.78 Å².